The highest BCUT2D eigenvalue weighted by molar-refractivity contribution is 5.99. The number of quaternary nitrogens is 1. The van der Waals surface area contributed by atoms with E-state index in [1.807, 2.05) is 0 Å². The average Bonchev–Trinajstić information content (AvgIpc) is 2.83. The van der Waals surface area contributed by atoms with Crippen LogP contribution in [0.3, 0.4) is 0 Å². The highest BCUT2D eigenvalue weighted by Gasteiger charge is 2.12. The Morgan fingerprint density at radius 3 is 1.67 bits per heavy atom. The third-order valence-corrected chi connectivity index (χ3v) is 6.16. The van der Waals surface area contributed by atoms with Gasteiger partial charge in [0.15, 0.2) is 0 Å². The Labute approximate surface area is 213 Å². The molecule has 0 aromatic heterocycles. The van der Waals surface area contributed by atoms with Crippen molar-refractivity contribution < 1.29 is 24.0 Å². The number of hydrogen-bond donors (Lipinski definition) is 0. The Balaban J connectivity index is 0.00000259. The lowest BCUT2D eigenvalue weighted by Crippen LogP contribution is -3.00. The molecule has 5 aromatic rings. The topological polar surface area (TPSA) is 0 Å². The molecule has 0 N–H and O–H groups in total. The second-order valence-electron chi connectivity index (χ2n) is 9.24. The van der Waals surface area contributed by atoms with Gasteiger partial charge in [-0.1, -0.05) is 84.9 Å². The number of fused-ring (bicyclic) bond motifs is 1. The summed E-state index contributed by atoms with van der Waals surface area (Å²) in [7, 11) is 6.58. The first-order chi connectivity index (χ1) is 15.5. The lowest BCUT2D eigenvalue weighted by Gasteiger charge is -2.23. The van der Waals surface area contributed by atoms with E-state index in [1.165, 1.54) is 49.8 Å². The molecule has 0 fully saturated rings. The number of rotatable bonds is 4. The largest absolute Gasteiger partial charge is 1.00 e. The van der Waals surface area contributed by atoms with E-state index in [0.29, 0.717) is 0 Å². The molecule has 0 aliphatic heterocycles. The fourth-order valence-corrected chi connectivity index (χ4v) is 4.29. The molecule has 0 saturated carbocycles. The van der Waals surface area contributed by atoms with E-state index < -0.39 is 0 Å². The van der Waals surface area contributed by atoms with E-state index in [9.17, 15) is 0 Å². The molecule has 164 valence electrons. The zero-order valence-electron chi connectivity index (χ0n) is 19.3. The van der Waals surface area contributed by atoms with Crippen molar-refractivity contribution in [1.29, 1.82) is 0 Å². The molecule has 0 saturated heterocycles. The molecule has 0 aliphatic carbocycles. The summed E-state index contributed by atoms with van der Waals surface area (Å²) in [5, 5.41) is 2.55. The van der Waals surface area contributed by atoms with Crippen molar-refractivity contribution >= 4 is 16.5 Å². The molecule has 0 amide bonds. The zero-order valence-corrected chi connectivity index (χ0v) is 21.5. The number of hydrogen-bond acceptors (Lipinski definition) is 0. The van der Waals surface area contributed by atoms with Crippen molar-refractivity contribution in [3.8, 4) is 33.4 Å². The zero-order chi connectivity index (χ0) is 22.1. The average molecular weight is 541 g/mol. The summed E-state index contributed by atoms with van der Waals surface area (Å²) in [6.07, 6.45) is 0. The lowest BCUT2D eigenvalue weighted by atomic mass is 9.94. The number of halogens is 1. The van der Waals surface area contributed by atoms with Crippen LogP contribution >= 0.6 is 0 Å². The Bertz CT molecular complexity index is 1360. The molecular weight excluding hydrogens is 513 g/mol. The van der Waals surface area contributed by atoms with Crippen molar-refractivity contribution in [2.24, 2.45) is 0 Å². The Hall–Kier alpha value is -2.95. The van der Waals surface area contributed by atoms with E-state index >= 15 is 0 Å². The molecule has 0 unspecified atom stereocenters. The summed E-state index contributed by atoms with van der Waals surface area (Å²) in [6, 6.07) is 41.7. The fourth-order valence-electron chi connectivity index (χ4n) is 4.29. The van der Waals surface area contributed by atoms with Gasteiger partial charge < -0.3 is 24.0 Å². The van der Waals surface area contributed by atoms with E-state index in [1.54, 1.807) is 0 Å². The van der Waals surface area contributed by atoms with E-state index in [2.05, 4.69) is 136 Å². The number of nitrogens with zero attached hydrogens (tertiary/aromatic N) is 1. The maximum atomic E-state index is 2.30. The molecule has 2 heteroatoms. The Morgan fingerprint density at radius 2 is 1.00 bits per heavy atom. The summed E-state index contributed by atoms with van der Waals surface area (Å²) in [6.45, 7) is 0. The van der Waals surface area contributed by atoms with Crippen LogP contribution in [0.15, 0.2) is 115 Å². The van der Waals surface area contributed by atoms with Crippen molar-refractivity contribution in [1.82, 2.24) is 4.48 Å². The van der Waals surface area contributed by atoms with Crippen LogP contribution in [0.25, 0.3) is 44.2 Å². The third kappa shape index (κ3) is 4.87. The summed E-state index contributed by atoms with van der Waals surface area (Å²) in [5.74, 6) is 0. The first-order valence-electron chi connectivity index (χ1n) is 11.1. The van der Waals surface area contributed by atoms with E-state index in [-0.39, 0.29) is 24.0 Å². The third-order valence-electron chi connectivity index (χ3n) is 6.16. The molecule has 0 spiro atoms. The number of benzene rings is 5. The maximum Gasteiger partial charge on any atom is 0.132 e. The molecule has 5 rings (SSSR count). The first kappa shape index (κ1) is 23.2. The minimum absolute atomic E-state index is 0. The van der Waals surface area contributed by atoms with Crippen LogP contribution in [0.4, 0.5) is 5.69 Å². The quantitative estimate of drug-likeness (QED) is 0.221. The molecule has 0 bridgehead atoms. The van der Waals surface area contributed by atoms with Gasteiger partial charge in [0, 0.05) is 0 Å². The minimum atomic E-state index is 0. The van der Waals surface area contributed by atoms with Crippen LogP contribution in [0, 0.1) is 0 Å². The van der Waals surface area contributed by atoms with Gasteiger partial charge in [-0.05, 0) is 74.5 Å². The summed E-state index contributed by atoms with van der Waals surface area (Å²) in [4.78, 5) is 0. The van der Waals surface area contributed by atoms with Crippen molar-refractivity contribution in [3.05, 3.63) is 115 Å². The lowest BCUT2D eigenvalue weighted by molar-refractivity contribution is -0.00000639. The van der Waals surface area contributed by atoms with Gasteiger partial charge in [0.05, 0.1) is 21.1 Å². The first-order valence-corrected chi connectivity index (χ1v) is 11.1. The normalized spacial score (nSPS) is 11.2. The SMILES string of the molecule is C[N+](C)(C)c1ccc(-c2ccc3c(-c4ccc(-c5ccccc5)cc4)cccc3c2)cc1.[I-]. The van der Waals surface area contributed by atoms with Crippen molar-refractivity contribution in [2.45, 2.75) is 0 Å². The van der Waals surface area contributed by atoms with E-state index in [4.69, 9.17) is 0 Å². The molecule has 0 radical (unpaired) electrons. The molecule has 5 aromatic carbocycles. The molecule has 0 aliphatic rings. The molecule has 1 nitrogen and oxygen atoms in total. The Kier molecular flexibility index (Phi) is 6.68. The van der Waals surface area contributed by atoms with Gasteiger partial charge in [0.2, 0.25) is 0 Å². The monoisotopic (exact) mass is 541 g/mol. The van der Waals surface area contributed by atoms with Gasteiger partial charge in [-0.25, -0.2) is 0 Å². The van der Waals surface area contributed by atoms with Crippen LogP contribution < -0.4 is 28.5 Å². The van der Waals surface area contributed by atoms with Crippen LogP contribution in [0.1, 0.15) is 0 Å². The van der Waals surface area contributed by atoms with E-state index in [0.717, 1.165) is 4.48 Å². The molecule has 0 heterocycles. The van der Waals surface area contributed by atoms with Gasteiger partial charge in [0.25, 0.3) is 0 Å². The highest BCUT2D eigenvalue weighted by Crippen LogP contribution is 2.33. The summed E-state index contributed by atoms with van der Waals surface area (Å²) < 4.78 is 0.824. The Morgan fingerprint density at radius 1 is 0.455 bits per heavy atom. The molecule has 33 heavy (non-hydrogen) atoms. The summed E-state index contributed by atoms with van der Waals surface area (Å²) in [5.41, 5.74) is 8.82. The smallest absolute Gasteiger partial charge is 0.132 e. The van der Waals surface area contributed by atoms with Gasteiger partial charge in [-0.2, -0.15) is 0 Å². The van der Waals surface area contributed by atoms with Gasteiger partial charge >= 0.3 is 0 Å². The molecule has 0 atom stereocenters. The maximum absolute atomic E-state index is 2.30. The van der Waals surface area contributed by atoms with Gasteiger partial charge in [-0.15, -0.1) is 0 Å². The molecular formula is C31H28IN. The van der Waals surface area contributed by atoms with Crippen molar-refractivity contribution in [3.63, 3.8) is 0 Å². The highest BCUT2D eigenvalue weighted by atomic mass is 127. The second kappa shape index (κ2) is 9.50. The minimum Gasteiger partial charge on any atom is -1.00 e. The standard InChI is InChI=1S/C31H28N.HI/c1-32(2,3)29-19-16-25(17-20-29)27-18-21-31-28(22-27)10-7-11-30(31)26-14-12-24(13-15-26)23-8-5-4-6-9-23;/h4-22H,1-3H3;1H/q+1;/p-1. The van der Waals surface area contributed by atoms with Gasteiger partial charge in [-0.3, -0.25) is 4.48 Å². The van der Waals surface area contributed by atoms with Crippen LogP contribution in [-0.2, 0) is 0 Å². The predicted octanol–water partition coefficient (Wildman–Crippen LogP) is 5.04. The van der Waals surface area contributed by atoms with Crippen LogP contribution in [-0.4, -0.2) is 21.1 Å². The van der Waals surface area contributed by atoms with Crippen LogP contribution in [0.5, 0.6) is 0 Å². The van der Waals surface area contributed by atoms with Gasteiger partial charge in [0.1, 0.15) is 5.69 Å². The predicted molar refractivity (Wildman–Crippen MR) is 140 cm³/mol. The summed E-state index contributed by atoms with van der Waals surface area (Å²) >= 11 is 0. The fraction of sp³-hybridized carbons (Fsp3) is 0.0968. The van der Waals surface area contributed by atoms with Crippen molar-refractivity contribution in [2.75, 3.05) is 21.1 Å². The van der Waals surface area contributed by atoms with Crippen LogP contribution in [0.2, 0.25) is 0 Å². The second-order valence-corrected chi connectivity index (χ2v) is 9.24.